The summed E-state index contributed by atoms with van der Waals surface area (Å²) in [6, 6.07) is 2.96. The number of piperazine rings is 1. The maximum absolute atomic E-state index is 12.8. The molecule has 6 rings (SSSR count). The molecule has 0 radical (unpaired) electrons. The van der Waals surface area contributed by atoms with Crippen molar-refractivity contribution < 1.29 is 24.2 Å². The van der Waals surface area contributed by atoms with Crippen molar-refractivity contribution in [3.05, 3.63) is 34.4 Å². The van der Waals surface area contributed by atoms with Gasteiger partial charge in [-0.15, -0.1) is 0 Å². The molecule has 0 unspecified atom stereocenters. The zero-order valence-corrected chi connectivity index (χ0v) is 22.5. The van der Waals surface area contributed by atoms with Crippen molar-refractivity contribution >= 4 is 11.9 Å². The molecule has 9 heteroatoms. The average Bonchev–Trinajstić information content (AvgIpc) is 3.16. The van der Waals surface area contributed by atoms with Gasteiger partial charge in [0.05, 0.1) is 17.5 Å². The van der Waals surface area contributed by atoms with Crippen LogP contribution in [-0.4, -0.2) is 63.9 Å². The fraction of sp³-hybridized carbons (Fsp3) is 0.759. The molecular weight excluding hydrogens is 486 g/mol. The van der Waals surface area contributed by atoms with Crippen molar-refractivity contribution in [3.8, 4) is 0 Å². The standard InChI is InChI=1S/C29H41N3O6/c1-26-9-5-19(31-25(35)32-14-13-30-23(33)16-32)15-28(26,36)11-7-22-21(26)6-10-27(2)20(8-12-29(22,27)37)18-3-4-24(34)38-17-18/h3-4,17,19-22,36-37H,5-16H2,1-2H3,(H,30,33)(H,31,35)/t19-,20+,21-,22+,26+,27+,28-,29-/m0/s1. The van der Waals surface area contributed by atoms with Gasteiger partial charge in [-0.2, -0.15) is 0 Å². The predicted molar refractivity (Wildman–Crippen MR) is 139 cm³/mol. The highest BCUT2D eigenvalue weighted by Crippen LogP contribution is 2.71. The maximum atomic E-state index is 12.8. The van der Waals surface area contributed by atoms with Gasteiger partial charge in [-0.1, -0.05) is 13.8 Å². The summed E-state index contributed by atoms with van der Waals surface area (Å²) in [5.74, 6) is 0.293. The minimum atomic E-state index is -0.908. The van der Waals surface area contributed by atoms with Crippen molar-refractivity contribution in [2.45, 2.75) is 94.8 Å². The molecule has 38 heavy (non-hydrogen) atoms. The first kappa shape index (κ1) is 25.9. The van der Waals surface area contributed by atoms with Crippen molar-refractivity contribution in [2.24, 2.45) is 22.7 Å². The van der Waals surface area contributed by atoms with E-state index < -0.39 is 11.2 Å². The molecule has 2 heterocycles. The van der Waals surface area contributed by atoms with Crippen LogP contribution in [0.5, 0.6) is 0 Å². The number of rotatable bonds is 2. The molecule has 1 aromatic heterocycles. The second kappa shape index (κ2) is 8.81. The Bertz CT molecular complexity index is 1170. The number of nitrogens with zero attached hydrogens (tertiary/aromatic N) is 1. The fourth-order valence-electron chi connectivity index (χ4n) is 9.53. The van der Waals surface area contributed by atoms with Gasteiger partial charge in [0.2, 0.25) is 5.91 Å². The van der Waals surface area contributed by atoms with E-state index in [9.17, 15) is 24.6 Å². The summed E-state index contributed by atoms with van der Waals surface area (Å²) >= 11 is 0. The lowest BCUT2D eigenvalue weighted by Crippen LogP contribution is -2.68. The van der Waals surface area contributed by atoms with Crippen LogP contribution in [0.2, 0.25) is 0 Å². The van der Waals surface area contributed by atoms with Crippen molar-refractivity contribution in [1.82, 2.24) is 15.5 Å². The summed E-state index contributed by atoms with van der Waals surface area (Å²) in [5.41, 5.74) is -1.76. The van der Waals surface area contributed by atoms with Gasteiger partial charge in [-0.3, -0.25) is 4.79 Å². The van der Waals surface area contributed by atoms with E-state index in [1.54, 1.807) is 11.2 Å². The summed E-state index contributed by atoms with van der Waals surface area (Å²) < 4.78 is 5.19. The first-order chi connectivity index (χ1) is 18.0. The van der Waals surface area contributed by atoms with Gasteiger partial charge in [-0.05, 0) is 92.6 Å². The molecule has 1 aliphatic heterocycles. The van der Waals surface area contributed by atoms with Crippen LogP contribution in [0.3, 0.4) is 0 Å². The molecule has 9 nitrogen and oxygen atoms in total. The highest BCUT2D eigenvalue weighted by molar-refractivity contribution is 5.85. The molecule has 1 saturated heterocycles. The molecule has 4 aliphatic carbocycles. The molecule has 1 aromatic rings. The predicted octanol–water partition coefficient (Wildman–Crippen LogP) is 2.51. The highest BCUT2D eigenvalue weighted by atomic mass is 16.4. The molecule has 208 valence electrons. The summed E-state index contributed by atoms with van der Waals surface area (Å²) in [4.78, 5) is 37.7. The number of fused-ring (bicyclic) bond motifs is 5. The minimum absolute atomic E-state index is 0.0672. The van der Waals surface area contributed by atoms with Gasteiger partial charge in [0, 0.05) is 30.6 Å². The number of hydrogen-bond donors (Lipinski definition) is 4. The number of nitrogens with one attached hydrogen (secondary N) is 2. The van der Waals surface area contributed by atoms with Gasteiger partial charge >= 0.3 is 11.7 Å². The largest absolute Gasteiger partial charge is 0.431 e. The molecule has 0 aromatic carbocycles. The van der Waals surface area contributed by atoms with E-state index in [1.165, 1.54) is 6.07 Å². The van der Waals surface area contributed by atoms with Gasteiger partial charge in [0.1, 0.15) is 6.54 Å². The molecule has 8 atom stereocenters. The normalized spacial score (nSPS) is 44.4. The average molecular weight is 528 g/mol. The number of carbonyl (C=O) groups excluding carboxylic acids is 2. The monoisotopic (exact) mass is 527 g/mol. The van der Waals surface area contributed by atoms with Gasteiger partial charge in [0.25, 0.3) is 0 Å². The van der Waals surface area contributed by atoms with Gasteiger partial charge in [0.15, 0.2) is 0 Å². The third-order valence-corrected chi connectivity index (χ3v) is 11.8. The Hall–Kier alpha value is -2.39. The fourth-order valence-corrected chi connectivity index (χ4v) is 9.53. The Morgan fingerprint density at radius 2 is 1.79 bits per heavy atom. The Kier molecular flexibility index (Phi) is 6.00. The summed E-state index contributed by atoms with van der Waals surface area (Å²) in [6.07, 6.45) is 8.36. The molecule has 5 aliphatic rings. The van der Waals surface area contributed by atoms with E-state index in [0.29, 0.717) is 32.4 Å². The lowest BCUT2D eigenvalue weighted by Gasteiger charge is -2.66. The zero-order chi connectivity index (χ0) is 26.9. The zero-order valence-electron chi connectivity index (χ0n) is 22.5. The van der Waals surface area contributed by atoms with Crippen LogP contribution in [0.15, 0.2) is 27.6 Å². The summed E-state index contributed by atoms with van der Waals surface area (Å²) in [7, 11) is 0. The SMILES string of the molecule is C[C@]12CC[C@H](NC(=O)N3CCNC(=O)C3)C[C@@]1(O)CC[C@@H]1[C@@H]2CC[C@]2(C)[C@@H](c3ccc(=O)oc3)CC[C@]12O. The first-order valence-corrected chi connectivity index (χ1v) is 14.3. The highest BCUT2D eigenvalue weighted by Gasteiger charge is 2.70. The lowest BCUT2D eigenvalue weighted by molar-refractivity contribution is -0.247. The Morgan fingerprint density at radius 3 is 2.53 bits per heavy atom. The molecule has 0 spiro atoms. The summed E-state index contributed by atoms with van der Waals surface area (Å²) in [6.45, 7) is 5.44. The summed E-state index contributed by atoms with van der Waals surface area (Å²) in [5, 5.41) is 30.4. The van der Waals surface area contributed by atoms with E-state index >= 15 is 0 Å². The van der Waals surface area contributed by atoms with Gasteiger partial charge in [-0.25, -0.2) is 9.59 Å². The molecule has 4 N–H and O–H groups in total. The molecular formula is C29H41N3O6. The number of urea groups is 1. The molecule has 0 bridgehead atoms. The van der Waals surface area contributed by atoms with Crippen LogP contribution >= 0.6 is 0 Å². The second-order valence-corrected chi connectivity index (χ2v) is 13.2. The third-order valence-electron chi connectivity index (χ3n) is 11.8. The number of amides is 3. The molecule has 3 amide bonds. The van der Waals surface area contributed by atoms with Crippen LogP contribution in [0.4, 0.5) is 4.79 Å². The van der Waals surface area contributed by atoms with E-state index in [2.05, 4.69) is 24.5 Å². The third kappa shape index (κ3) is 3.68. The van der Waals surface area contributed by atoms with Crippen molar-refractivity contribution in [1.29, 1.82) is 0 Å². The molecule has 4 saturated carbocycles. The van der Waals surface area contributed by atoms with Crippen LogP contribution < -0.4 is 16.3 Å². The topological polar surface area (TPSA) is 132 Å². The van der Waals surface area contributed by atoms with E-state index in [-0.39, 0.29) is 58.7 Å². The Labute approximate surface area is 223 Å². The van der Waals surface area contributed by atoms with Crippen LogP contribution in [-0.2, 0) is 4.79 Å². The minimum Gasteiger partial charge on any atom is -0.431 e. The number of carbonyl (C=O) groups is 2. The Balaban J connectivity index is 1.19. The van der Waals surface area contributed by atoms with Gasteiger partial charge < -0.3 is 30.2 Å². The van der Waals surface area contributed by atoms with Crippen LogP contribution in [0, 0.1) is 22.7 Å². The Morgan fingerprint density at radius 1 is 1.03 bits per heavy atom. The second-order valence-electron chi connectivity index (χ2n) is 13.2. The number of hydrogen-bond acceptors (Lipinski definition) is 6. The van der Waals surface area contributed by atoms with E-state index in [4.69, 9.17) is 4.42 Å². The van der Waals surface area contributed by atoms with Crippen LogP contribution in [0.25, 0.3) is 0 Å². The quantitative estimate of drug-likeness (QED) is 0.467. The van der Waals surface area contributed by atoms with E-state index in [1.807, 2.05) is 6.07 Å². The van der Waals surface area contributed by atoms with Crippen LogP contribution in [0.1, 0.15) is 83.1 Å². The smallest absolute Gasteiger partial charge is 0.335 e. The lowest BCUT2D eigenvalue weighted by atomic mass is 9.42. The number of aliphatic hydroxyl groups is 2. The first-order valence-electron chi connectivity index (χ1n) is 14.3. The maximum Gasteiger partial charge on any atom is 0.335 e. The molecule has 5 fully saturated rings. The van der Waals surface area contributed by atoms with Crippen molar-refractivity contribution in [2.75, 3.05) is 19.6 Å². The van der Waals surface area contributed by atoms with Crippen molar-refractivity contribution in [3.63, 3.8) is 0 Å². The van der Waals surface area contributed by atoms with E-state index in [0.717, 1.165) is 44.1 Å².